The number of nitrogens with one attached hydrogen (secondary N) is 1. The molecule has 0 radical (unpaired) electrons. The second-order valence-electron chi connectivity index (χ2n) is 2.36. The third kappa shape index (κ3) is 2.90. The van der Waals surface area contributed by atoms with Gasteiger partial charge in [0.1, 0.15) is 0 Å². The number of nitrogens with two attached hydrogens (primary N) is 1. The normalized spacial score (nSPS) is 11.5. The van der Waals surface area contributed by atoms with E-state index in [9.17, 15) is 0 Å². The summed E-state index contributed by atoms with van der Waals surface area (Å²) in [6, 6.07) is 5.48. The van der Waals surface area contributed by atoms with Gasteiger partial charge in [-0.3, -0.25) is 4.99 Å². The molecular weight excluding hydrogens is 253 g/mol. The molecule has 3 N–H and O–H groups in total. The Kier molecular flexibility index (Phi) is 3.57. The first kappa shape index (κ1) is 10.3. The maximum Gasteiger partial charge on any atom is 0.192 e. The highest BCUT2D eigenvalue weighted by Gasteiger charge is 2.00. The first-order chi connectivity index (χ1) is 6.13. The third-order valence-electron chi connectivity index (χ3n) is 1.43. The van der Waals surface area contributed by atoms with E-state index in [2.05, 4.69) is 26.2 Å². The molecule has 70 valence electrons. The molecule has 0 aliphatic rings. The number of hydrogen-bond acceptors (Lipinski definition) is 1. The fourth-order valence-electron chi connectivity index (χ4n) is 0.785. The van der Waals surface area contributed by atoms with Crippen LogP contribution in [0.15, 0.2) is 27.7 Å². The molecule has 5 heteroatoms. The number of anilines is 1. The fourth-order valence-corrected chi connectivity index (χ4v) is 1.51. The lowest BCUT2D eigenvalue weighted by atomic mass is 10.3. The van der Waals surface area contributed by atoms with E-state index in [0.717, 1.165) is 10.2 Å². The van der Waals surface area contributed by atoms with Gasteiger partial charge in [0.25, 0.3) is 0 Å². The van der Waals surface area contributed by atoms with Crippen molar-refractivity contribution in [3.8, 4) is 0 Å². The summed E-state index contributed by atoms with van der Waals surface area (Å²) >= 11 is 9.23. The molecule has 1 aromatic carbocycles. The van der Waals surface area contributed by atoms with Crippen LogP contribution in [0.5, 0.6) is 0 Å². The topological polar surface area (TPSA) is 50.4 Å². The van der Waals surface area contributed by atoms with Crippen molar-refractivity contribution in [3.05, 3.63) is 27.7 Å². The molecule has 0 saturated heterocycles. The molecule has 0 fully saturated rings. The van der Waals surface area contributed by atoms with Crippen molar-refractivity contribution >= 4 is 39.2 Å². The molecule has 0 aliphatic carbocycles. The largest absolute Gasteiger partial charge is 0.370 e. The van der Waals surface area contributed by atoms with E-state index >= 15 is 0 Å². The predicted octanol–water partition coefficient (Wildman–Crippen LogP) is 2.46. The van der Waals surface area contributed by atoms with E-state index in [-0.39, 0.29) is 0 Å². The van der Waals surface area contributed by atoms with E-state index in [0.29, 0.717) is 11.0 Å². The Balaban J connectivity index is 2.90. The second kappa shape index (κ2) is 4.48. The zero-order valence-corrected chi connectivity index (χ0v) is 9.35. The first-order valence-corrected chi connectivity index (χ1v) is 4.75. The van der Waals surface area contributed by atoms with Crippen molar-refractivity contribution in [2.75, 3.05) is 12.4 Å². The molecule has 13 heavy (non-hydrogen) atoms. The smallest absolute Gasteiger partial charge is 0.192 e. The fraction of sp³-hybridized carbons (Fsp3) is 0.125. The van der Waals surface area contributed by atoms with Gasteiger partial charge in [-0.25, -0.2) is 0 Å². The van der Waals surface area contributed by atoms with Crippen molar-refractivity contribution < 1.29 is 0 Å². The lowest BCUT2D eigenvalue weighted by Gasteiger charge is -2.06. The Hall–Kier alpha value is -0.740. The summed E-state index contributed by atoms with van der Waals surface area (Å²) < 4.78 is 0.926. The van der Waals surface area contributed by atoms with Crippen molar-refractivity contribution in [2.45, 2.75) is 0 Å². The van der Waals surface area contributed by atoms with Crippen molar-refractivity contribution in [1.82, 2.24) is 0 Å². The van der Waals surface area contributed by atoms with Gasteiger partial charge in [0.15, 0.2) is 5.96 Å². The monoisotopic (exact) mass is 261 g/mol. The Bertz CT molecular complexity index is 338. The van der Waals surface area contributed by atoms with Gasteiger partial charge in [0.05, 0.1) is 10.7 Å². The van der Waals surface area contributed by atoms with E-state index < -0.39 is 0 Å². The molecule has 0 saturated carbocycles. The van der Waals surface area contributed by atoms with Crippen molar-refractivity contribution in [3.63, 3.8) is 0 Å². The van der Waals surface area contributed by atoms with Gasteiger partial charge in [-0.15, -0.1) is 0 Å². The Morgan fingerprint density at radius 1 is 1.62 bits per heavy atom. The van der Waals surface area contributed by atoms with Crippen LogP contribution < -0.4 is 11.1 Å². The van der Waals surface area contributed by atoms with Gasteiger partial charge < -0.3 is 11.1 Å². The Morgan fingerprint density at radius 2 is 2.31 bits per heavy atom. The van der Waals surface area contributed by atoms with Crippen LogP contribution in [0.3, 0.4) is 0 Å². The van der Waals surface area contributed by atoms with Crippen LogP contribution in [0.1, 0.15) is 0 Å². The maximum absolute atomic E-state index is 5.93. The standard InChI is InChI=1S/C8H9BrClN3/c1-12-8(11)13-7-3-2-5(9)4-6(7)10/h2-4H,1H3,(H3,11,12,13). The average Bonchev–Trinajstić information content (AvgIpc) is 2.09. The minimum absolute atomic E-state index is 0.337. The maximum atomic E-state index is 5.93. The summed E-state index contributed by atoms with van der Waals surface area (Å²) in [6.45, 7) is 0. The predicted molar refractivity (Wildman–Crippen MR) is 60.3 cm³/mol. The van der Waals surface area contributed by atoms with Crippen molar-refractivity contribution in [2.24, 2.45) is 10.7 Å². The molecule has 0 atom stereocenters. The minimum atomic E-state index is 0.337. The van der Waals surface area contributed by atoms with E-state index in [4.69, 9.17) is 17.3 Å². The van der Waals surface area contributed by atoms with Gasteiger partial charge in [-0.2, -0.15) is 0 Å². The van der Waals surface area contributed by atoms with Gasteiger partial charge in [0, 0.05) is 11.5 Å². The summed E-state index contributed by atoms with van der Waals surface area (Å²) in [5, 5.41) is 3.46. The van der Waals surface area contributed by atoms with Crippen molar-refractivity contribution in [1.29, 1.82) is 0 Å². The summed E-state index contributed by atoms with van der Waals surface area (Å²) in [7, 11) is 1.61. The molecular formula is C8H9BrClN3. The lowest BCUT2D eigenvalue weighted by molar-refractivity contribution is 1.38. The highest BCUT2D eigenvalue weighted by molar-refractivity contribution is 9.10. The van der Waals surface area contributed by atoms with Crippen LogP contribution in [0.25, 0.3) is 0 Å². The Labute approximate surface area is 90.1 Å². The number of hydrogen-bond donors (Lipinski definition) is 2. The highest BCUT2D eigenvalue weighted by Crippen LogP contribution is 2.25. The number of halogens is 2. The number of benzene rings is 1. The molecule has 0 bridgehead atoms. The first-order valence-electron chi connectivity index (χ1n) is 3.58. The molecule has 0 amide bonds. The van der Waals surface area contributed by atoms with E-state index in [1.165, 1.54) is 0 Å². The van der Waals surface area contributed by atoms with E-state index in [1.807, 2.05) is 12.1 Å². The summed E-state index contributed by atoms with van der Waals surface area (Å²) in [6.07, 6.45) is 0. The van der Waals surface area contributed by atoms with E-state index in [1.54, 1.807) is 13.1 Å². The number of guanidine groups is 1. The molecule has 0 aliphatic heterocycles. The number of aliphatic imine (C=N–C) groups is 1. The highest BCUT2D eigenvalue weighted by atomic mass is 79.9. The molecule has 0 spiro atoms. The molecule has 0 aromatic heterocycles. The summed E-state index contributed by atoms with van der Waals surface area (Å²) in [4.78, 5) is 3.76. The average molecular weight is 263 g/mol. The lowest BCUT2D eigenvalue weighted by Crippen LogP contribution is -2.22. The number of rotatable bonds is 1. The SMILES string of the molecule is CN=C(N)Nc1ccc(Br)cc1Cl. The molecule has 1 aromatic rings. The summed E-state index contributed by atoms with van der Waals surface area (Å²) in [5.74, 6) is 0.337. The van der Waals surface area contributed by atoms with Crippen LogP contribution in [0.2, 0.25) is 5.02 Å². The summed E-state index contributed by atoms with van der Waals surface area (Å²) in [5.41, 5.74) is 6.22. The zero-order chi connectivity index (χ0) is 9.84. The van der Waals surface area contributed by atoms with Crippen LogP contribution in [-0.4, -0.2) is 13.0 Å². The van der Waals surface area contributed by atoms with Gasteiger partial charge in [0.2, 0.25) is 0 Å². The Morgan fingerprint density at radius 3 is 2.85 bits per heavy atom. The molecule has 0 heterocycles. The molecule has 0 unspecified atom stereocenters. The van der Waals surface area contributed by atoms with Gasteiger partial charge in [-0.1, -0.05) is 27.5 Å². The van der Waals surface area contributed by atoms with Crippen LogP contribution >= 0.6 is 27.5 Å². The van der Waals surface area contributed by atoms with Gasteiger partial charge in [-0.05, 0) is 18.2 Å². The zero-order valence-electron chi connectivity index (χ0n) is 7.01. The minimum Gasteiger partial charge on any atom is -0.370 e. The van der Waals surface area contributed by atoms with Crippen LogP contribution in [-0.2, 0) is 0 Å². The number of nitrogens with zero attached hydrogens (tertiary/aromatic N) is 1. The molecule has 3 nitrogen and oxygen atoms in total. The quantitative estimate of drug-likeness (QED) is 0.603. The molecule has 1 rings (SSSR count). The van der Waals surface area contributed by atoms with Gasteiger partial charge >= 0.3 is 0 Å². The second-order valence-corrected chi connectivity index (χ2v) is 3.68. The third-order valence-corrected chi connectivity index (χ3v) is 2.24. The van der Waals surface area contributed by atoms with Crippen LogP contribution in [0, 0.1) is 0 Å². The van der Waals surface area contributed by atoms with Crippen LogP contribution in [0.4, 0.5) is 5.69 Å².